The van der Waals surface area contributed by atoms with E-state index in [1.165, 1.54) is 25.7 Å². The first kappa shape index (κ1) is 13.4. The van der Waals surface area contributed by atoms with Gasteiger partial charge >= 0.3 is 0 Å². The van der Waals surface area contributed by atoms with Crippen molar-refractivity contribution >= 4 is 12.6 Å². The van der Waals surface area contributed by atoms with Gasteiger partial charge in [0, 0.05) is 5.25 Å². The highest BCUT2D eigenvalue weighted by atomic mass is 32.1. The summed E-state index contributed by atoms with van der Waals surface area (Å²) in [7, 11) is 0. The third-order valence-corrected chi connectivity index (χ3v) is 4.19. The quantitative estimate of drug-likeness (QED) is 0.600. The third-order valence-electron chi connectivity index (χ3n) is 2.98. The van der Waals surface area contributed by atoms with Gasteiger partial charge in [0.25, 0.3) is 0 Å². The Morgan fingerprint density at radius 3 is 2.08 bits per heavy atom. The normalized spacial score (nSPS) is 17.1. The second kappa shape index (κ2) is 5.95. The molecule has 0 nitrogen and oxygen atoms in total. The van der Waals surface area contributed by atoms with Crippen LogP contribution in [0.5, 0.6) is 0 Å². The lowest BCUT2D eigenvalue weighted by molar-refractivity contribution is 0.262. The Kier molecular flexibility index (Phi) is 6.11. The highest BCUT2D eigenvalue weighted by Gasteiger charge is 2.29. The van der Waals surface area contributed by atoms with E-state index in [-0.39, 0.29) is 0 Å². The zero-order chi connectivity index (χ0) is 10.5. The van der Waals surface area contributed by atoms with Crippen molar-refractivity contribution < 1.29 is 0 Å². The van der Waals surface area contributed by atoms with Crippen molar-refractivity contribution in [2.45, 2.75) is 65.6 Å². The standard InChI is InChI=1S/C12H26S/c1-6-8-10(3)11(13)12(4,5)9-7-2/h10-11,13H,6-9H2,1-5H3. The summed E-state index contributed by atoms with van der Waals surface area (Å²) in [4.78, 5) is 0. The van der Waals surface area contributed by atoms with Crippen molar-refractivity contribution in [3.63, 3.8) is 0 Å². The van der Waals surface area contributed by atoms with E-state index in [2.05, 4.69) is 34.6 Å². The molecule has 0 saturated heterocycles. The molecule has 1 heteroatoms. The molecule has 0 heterocycles. The van der Waals surface area contributed by atoms with Crippen LogP contribution in [0.4, 0.5) is 0 Å². The first-order valence-corrected chi connectivity index (χ1v) is 6.15. The second-order valence-corrected chi connectivity index (χ2v) is 5.51. The molecular weight excluding hydrogens is 176 g/mol. The minimum atomic E-state index is 0.395. The molecule has 0 spiro atoms. The lowest BCUT2D eigenvalue weighted by Gasteiger charge is -2.35. The van der Waals surface area contributed by atoms with Crippen molar-refractivity contribution in [3.8, 4) is 0 Å². The number of rotatable bonds is 6. The van der Waals surface area contributed by atoms with Crippen molar-refractivity contribution in [2.75, 3.05) is 0 Å². The van der Waals surface area contributed by atoms with Crippen LogP contribution in [-0.2, 0) is 0 Å². The van der Waals surface area contributed by atoms with Crippen LogP contribution in [0, 0.1) is 11.3 Å². The predicted molar refractivity (Wildman–Crippen MR) is 65.5 cm³/mol. The van der Waals surface area contributed by atoms with Crippen molar-refractivity contribution in [1.29, 1.82) is 0 Å². The highest BCUT2D eigenvalue weighted by Crippen LogP contribution is 2.36. The van der Waals surface area contributed by atoms with Gasteiger partial charge in [-0.25, -0.2) is 0 Å². The Morgan fingerprint density at radius 2 is 1.69 bits per heavy atom. The average molecular weight is 202 g/mol. The fraction of sp³-hybridized carbons (Fsp3) is 1.00. The molecule has 2 unspecified atom stereocenters. The molecule has 0 aliphatic rings. The lowest BCUT2D eigenvalue weighted by atomic mass is 9.78. The summed E-state index contributed by atoms with van der Waals surface area (Å²) >= 11 is 4.77. The van der Waals surface area contributed by atoms with Crippen LogP contribution in [0.1, 0.15) is 60.3 Å². The maximum absolute atomic E-state index is 4.77. The van der Waals surface area contributed by atoms with Gasteiger partial charge in [-0.3, -0.25) is 0 Å². The van der Waals surface area contributed by atoms with Gasteiger partial charge in [0.2, 0.25) is 0 Å². The van der Waals surface area contributed by atoms with Crippen LogP contribution in [0.25, 0.3) is 0 Å². The molecule has 0 aromatic heterocycles. The van der Waals surface area contributed by atoms with E-state index >= 15 is 0 Å². The third kappa shape index (κ3) is 4.39. The molecule has 0 amide bonds. The van der Waals surface area contributed by atoms with E-state index in [0.717, 1.165) is 5.92 Å². The van der Waals surface area contributed by atoms with Crippen molar-refractivity contribution in [1.82, 2.24) is 0 Å². The molecule has 13 heavy (non-hydrogen) atoms. The summed E-state index contributed by atoms with van der Waals surface area (Å²) in [5.74, 6) is 0.745. The monoisotopic (exact) mass is 202 g/mol. The van der Waals surface area contributed by atoms with Crippen LogP contribution < -0.4 is 0 Å². The largest absolute Gasteiger partial charge is 0.175 e. The Labute approximate surface area is 89.9 Å². The van der Waals surface area contributed by atoms with E-state index in [1.807, 2.05) is 0 Å². The number of hydrogen-bond acceptors (Lipinski definition) is 1. The van der Waals surface area contributed by atoms with Gasteiger partial charge in [0.15, 0.2) is 0 Å². The van der Waals surface area contributed by atoms with Crippen LogP contribution in [0.2, 0.25) is 0 Å². The average Bonchev–Trinajstić information content (AvgIpc) is 2.03. The minimum Gasteiger partial charge on any atom is -0.175 e. The van der Waals surface area contributed by atoms with Gasteiger partial charge in [-0.1, -0.05) is 47.5 Å². The fourth-order valence-electron chi connectivity index (χ4n) is 2.18. The van der Waals surface area contributed by atoms with Gasteiger partial charge in [-0.05, 0) is 24.2 Å². The maximum atomic E-state index is 4.77. The van der Waals surface area contributed by atoms with Crippen LogP contribution in [-0.4, -0.2) is 5.25 Å². The maximum Gasteiger partial charge on any atom is 0.00936 e. The molecule has 0 aliphatic carbocycles. The van der Waals surface area contributed by atoms with Gasteiger partial charge in [-0.2, -0.15) is 12.6 Å². The Bertz CT molecular complexity index is 129. The van der Waals surface area contributed by atoms with E-state index in [0.29, 0.717) is 10.7 Å². The Balaban J connectivity index is 4.12. The molecular formula is C12H26S. The number of hydrogen-bond donors (Lipinski definition) is 1. The number of thiol groups is 1. The fourth-order valence-corrected chi connectivity index (χ4v) is 2.45. The molecule has 0 bridgehead atoms. The summed E-state index contributed by atoms with van der Waals surface area (Å²) in [6.07, 6.45) is 5.14. The van der Waals surface area contributed by atoms with Crippen LogP contribution in [0.15, 0.2) is 0 Å². The topological polar surface area (TPSA) is 0 Å². The first-order valence-electron chi connectivity index (χ1n) is 5.63. The van der Waals surface area contributed by atoms with E-state index in [9.17, 15) is 0 Å². The molecule has 80 valence electrons. The summed E-state index contributed by atoms with van der Waals surface area (Å²) in [5, 5.41) is 0.549. The molecule has 0 aromatic carbocycles. The Morgan fingerprint density at radius 1 is 1.15 bits per heavy atom. The molecule has 0 rings (SSSR count). The van der Waals surface area contributed by atoms with Crippen molar-refractivity contribution in [3.05, 3.63) is 0 Å². The van der Waals surface area contributed by atoms with Crippen LogP contribution >= 0.6 is 12.6 Å². The zero-order valence-electron chi connectivity index (χ0n) is 9.93. The summed E-state index contributed by atoms with van der Waals surface area (Å²) in [6.45, 7) is 11.5. The smallest absolute Gasteiger partial charge is 0.00936 e. The first-order chi connectivity index (χ1) is 5.95. The summed E-state index contributed by atoms with van der Waals surface area (Å²) in [6, 6.07) is 0. The molecule has 2 atom stereocenters. The SMILES string of the molecule is CCCC(C)C(S)C(C)(C)CCC. The van der Waals surface area contributed by atoms with E-state index in [1.54, 1.807) is 0 Å². The summed E-state index contributed by atoms with van der Waals surface area (Å²) < 4.78 is 0. The molecule has 0 aliphatic heterocycles. The van der Waals surface area contributed by atoms with Gasteiger partial charge < -0.3 is 0 Å². The molecule has 0 fully saturated rings. The predicted octanol–water partition coefficient (Wildman–Crippen LogP) is 4.55. The summed E-state index contributed by atoms with van der Waals surface area (Å²) in [5.41, 5.74) is 0.395. The second-order valence-electron chi connectivity index (χ2n) is 4.95. The molecule has 0 saturated carbocycles. The molecule has 0 N–H and O–H groups in total. The van der Waals surface area contributed by atoms with E-state index < -0.39 is 0 Å². The van der Waals surface area contributed by atoms with Gasteiger partial charge in [-0.15, -0.1) is 0 Å². The lowest BCUT2D eigenvalue weighted by Crippen LogP contribution is -2.30. The zero-order valence-corrected chi connectivity index (χ0v) is 10.8. The minimum absolute atomic E-state index is 0.395. The Hall–Kier alpha value is 0.350. The molecule has 0 radical (unpaired) electrons. The van der Waals surface area contributed by atoms with Crippen molar-refractivity contribution in [2.24, 2.45) is 11.3 Å². The van der Waals surface area contributed by atoms with Gasteiger partial charge in [0.05, 0.1) is 0 Å². The van der Waals surface area contributed by atoms with Gasteiger partial charge in [0.1, 0.15) is 0 Å². The highest BCUT2D eigenvalue weighted by molar-refractivity contribution is 7.81. The van der Waals surface area contributed by atoms with E-state index in [4.69, 9.17) is 12.6 Å². The van der Waals surface area contributed by atoms with Crippen LogP contribution in [0.3, 0.4) is 0 Å². The molecule has 0 aromatic rings.